The molecular weight excluding hydrogens is 414 g/mol. The number of benzene rings is 2. The van der Waals surface area contributed by atoms with Crippen LogP contribution in [0.15, 0.2) is 64.6 Å². The molecule has 2 aromatic carbocycles. The topological polar surface area (TPSA) is 123 Å². The van der Waals surface area contributed by atoms with Crippen LogP contribution in [0.2, 0.25) is 0 Å². The van der Waals surface area contributed by atoms with Gasteiger partial charge in [-0.1, -0.05) is 18.2 Å². The zero-order chi connectivity index (χ0) is 23.0. The number of hydrogen-bond donors (Lipinski definition) is 1. The highest BCUT2D eigenvalue weighted by Crippen LogP contribution is 2.30. The standard InChI is InChI=1S/C23H17N3O6/c1-13-4-3-5-15(10-13)25-22(28)19(21(27)24-23(25)29)12-17-8-9-20(32-17)18-11-16(26(30)31)7-6-14(18)2/h3-12H,1-2H3,(H,24,27,29). The van der Waals surface area contributed by atoms with Gasteiger partial charge >= 0.3 is 6.03 Å². The number of carbonyl (C=O) groups excluding carboxylic acids is 3. The van der Waals surface area contributed by atoms with Gasteiger partial charge in [0.05, 0.1) is 10.6 Å². The molecule has 0 spiro atoms. The quantitative estimate of drug-likeness (QED) is 0.287. The number of furan rings is 1. The molecule has 32 heavy (non-hydrogen) atoms. The largest absolute Gasteiger partial charge is 0.457 e. The number of carbonyl (C=O) groups is 3. The van der Waals surface area contributed by atoms with Crippen LogP contribution in [0.5, 0.6) is 0 Å². The van der Waals surface area contributed by atoms with E-state index >= 15 is 0 Å². The molecule has 2 heterocycles. The average molecular weight is 431 g/mol. The predicted octanol–water partition coefficient (Wildman–Crippen LogP) is 4.14. The van der Waals surface area contributed by atoms with Crippen molar-refractivity contribution < 1.29 is 23.7 Å². The summed E-state index contributed by atoms with van der Waals surface area (Å²) in [5.41, 5.74) is 2.08. The van der Waals surface area contributed by atoms with E-state index in [0.29, 0.717) is 17.0 Å². The minimum atomic E-state index is -0.839. The molecule has 1 aromatic heterocycles. The Morgan fingerprint density at radius 3 is 2.53 bits per heavy atom. The van der Waals surface area contributed by atoms with Crippen molar-refractivity contribution in [2.45, 2.75) is 13.8 Å². The third kappa shape index (κ3) is 3.79. The van der Waals surface area contributed by atoms with Gasteiger partial charge in [-0.15, -0.1) is 0 Å². The van der Waals surface area contributed by atoms with E-state index < -0.39 is 22.8 Å². The van der Waals surface area contributed by atoms with E-state index in [1.165, 1.54) is 24.3 Å². The number of nitro groups is 1. The first-order valence-electron chi connectivity index (χ1n) is 9.58. The van der Waals surface area contributed by atoms with Crippen LogP contribution >= 0.6 is 0 Å². The summed E-state index contributed by atoms with van der Waals surface area (Å²) < 4.78 is 5.74. The summed E-state index contributed by atoms with van der Waals surface area (Å²) in [7, 11) is 0. The molecule has 9 nitrogen and oxygen atoms in total. The van der Waals surface area contributed by atoms with Gasteiger partial charge in [-0.25, -0.2) is 9.69 Å². The number of nitrogens with zero attached hydrogens (tertiary/aromatic N) is 2. The zero-order valence-corrected chi connectivity index (χ0v) is 17.1. The van der Waals surface area contributed by atoms with Crippen LogP contribution in [0.4, 0.5) is 16.2 Å². The molecule has 0 aliphatic carbocycles. The Balaban J connectivity index is 1.70. The second-order valence-electron chi connectivity index (χ2n) is 7.26. The Labute approximate surface area is 182 Å². The van der Waals surface area contributed by atoms with Gasteiger partial charge in [0.25, 0.3) is 17.5 Å². The Bertz CT molecular complexity index is 1320. The number of nitrogens with one attached hydrogen (secondary N) is 1. The smallest absolute Gasteiger partial charge is 0.335 e. The van der Waals surface area contributed by atoms with Gasteiger partial charge in [0.15, 0.2) is 0 Å². The van der Waals surface area contributed by atoms with E-state index in [4.69, 9.17) is 4.42 Å². The van der Waals surface area contributed by atoms with Crippen molar-refractivity contribution in [1.82, 2.24) is 5.32 Å². The SMILES string of the molecule is Cc1cccc(N2C(=O)NC(=O)C(=Cc3ccc(-c4cc([N+](=O)[O-])ccc4C)o3)C2=O)c1. The number of aryl methyl sites for hydroxylation is 2. The lowest BCUT2D eigenvalue weighted by atomic mass is 10.1. The van der Waals surface area contributed by atoms with Gasteiger partial charge in [-0.3, -0.25) is 25.0 Å². The Hall–Kier alpha value is -4.53. The molecule has 0 saturated carbocycles. The fourth-order valence-electron chi connectivity index (χ4n) is 3.37. The van der Waals surface area contributed by atoms with Gasteiger partial charge in [0.2, 0.25) is 0 Å². The Morgan fingerprint density at radius 1 is 1.03 bits per heavy atom. The fraction of sp³-hybridized carbons (Fsp3) is 0.0870. The van der Waals surface area contributed by atoms with E-state index in [2.05, 4.69) is 5.32 Å². The maximum absolute atomic E-state index is 13.0. The lowest BCUT2D eigenvalue weighted by Gasteiger charge is -2.26. The third-order valence-electron chi connectivity index (χ3n) is 4.97. The van der Waals surface area contributed by atoms with E-state index in [9.17, 15) is 24.5 Å². The van der Waals surface area contributed by atoms with E-state index in [0.717, 1.165) is 16.0 Å². The lowest BCUT2D eigenvalue weighted by molar-refractivity contribution is -0.384. The van der Waals surface area contributed by atoms with Crippen molar-refractivity contribution >= 4 is 35.3 Å². The summed E-state index contributed by atoms with van der Waals surface area (Å²) in [6.07, 6.45) is 1.24. The normalized spacial score (nSPS) is 15.2. The highest BCUT2D eigenvalue weighted by molar-refractivity contribution is 6.39. The molecule has 4 amide bonds. The molecule has 9 heteroatoms. The molecule has 0 bridgehead atoms. The van der Waals surface area contributed by atoms with Crippen LogP contribution < -0.4 is 10.2 Å². The maximum Gasteiger partial charge on any atom is 0.335 e. The number of imide groups is 2. The molecule has 0 radical (unpaired) electrons. The molecule has 3 aromatic rings. The van der Waals surface area contributed by atoms with Crippen molar-refractivity contribution in [2.75, 3.05) is 4.90 Å². The number of hydrogen-bond acceptors (Lipinski definition) is 6. The van der Waals surface area contributed by atoms with Crippen molar-refractivity contribution in [2.24, 2.45) is 0 Å². The van der Waals surface area contributed by atoms with Crippen LogP contribution in [0.1, 0.15) is 16.9 Å². The van der Waals surface area contributed by atoms with Gasteiger partial charge in [0, 0.05) is 17.7 Å². The van der Waals surface area contributed by atoms with Gasteiger partial charge in [-0.05, 0) is 55.3 Å². The summed E-state index contributed by atoms with van der Waals surface area (Å²) in [6.45, 7) is 3.60. The zero-order valence-electron chi connectivity index (χ0n) is 17.1. The second-order valence-corrected chi connectivity index (χ2v) is 7.26. The van der Waals surface area contributed by atoms with Crippen molar-refractivity contribution in [3.63, 3.8) is 0 Å². The summed E-state index contributed by atoms with van der Waals surface area (Å²) >= 11 is 0. The molecule has 0 unspecified atom stereocenters. The lowest BCUT2D eigenvalue weighted by Crippen LogP contribution is -2.54. The first kappa shape index (κ1) is 20.7. The monoisotopic (exact) mass is 431 g/mol. The maximum atomic E-state index is 13.0. The van der Waals surface area contributed by atoms with Crippen molar-refractivity contribution in [3.05, 3.63) is 87.2 Å². The van der Waals surface area contributed by atoms with E-state index in [1.54, 1.807) is 37.3 Å². The molecule has 4 rings (SSSR count). The van der Waals surface area contributed by atoms with Crippen molar-refractivity contribution in [1.29, 1.82) is 0 Å². The molecule has 1 aliphatic rings. The van der Waals surface area contributed by atoms with Crippen molar-refractivity contribution in [3.8, 4) is 11.3 Å². The minimum Gasteiger partial charge on any atom is -0.457 e. The second kappa shape index (κ2) is 7.95. The fourth-order valence-corrected chi connectivity index (χ4v) is 3.37. The number of non-ortho nitro benzene ring substituents is 1. The predicted molar refractivity (Wildman–Crippen MR) is 116 cm³/mol. The van der Waals surface area contributed by atoms with Crippen LogP contribution in [0.3, 0.4) is 0 Å². The van der Waals surface area contributed by atoms with Crippen LogP contribution in [-0.4, -0.2) is 22.8 Å². The average Bonchev–Trinajstić information content (AvgIpc) is 3.19. The number of nitro benzene ring substituents is 1. The molecule has 160 valence electrons. The Morgan fingerprint density at radius 2 is 1.81 bits per heavy atom. The number of rotatable bonds is 4. The van der Waals surface area contributed by atoms with Gasteiger partial charge in [-0.2, -0.15) is 0 Å². The van der Waals surface area contributed by atoms with Gasteiger partial charge < -0.3 is 4.42 Å². The van der Waals surface area contributed by atoms with Crippen LogP contribution in [-0.2, 0) is 9.59 Å². The van der Waals surface area contributed by atoms with E-state index in [-0.39, 0.29) is 17.0 Å². The number of urea groups is 1. The summed E-state index contributed by atoms with van der Waals surface area (Å²) in [5, 5.41) is 13.2. The third-order valence-corrected chi connectivity index (χ3v) is 4.97. The molecule has 1 fully saturated rings. The van der Waals surface area contributed by atoms with Crippen LogP contribution in [0.25, 0.3) is 17.4 Å². The molecular formula is C23H17N3O6. The highest BCUT2D eigenvalue weighted by atomic mass is 16.6. The number of amides is 4. The first-order valence-corrected chi connectivity index (χ1v) is 9.58. The van der Waals surface area contributed by atoms with E-state index in [1.807, 2.05) is 13.0 Å². The van der Waals surface area contributed by atoms with Gasteiger partial charge in [0.1, 0.15) is 17.1 Å². The number of anilines is 1. The first-order chi connectivity index (χ1) is 15.2. The minimum absolute atomic E-state index is 0.0870. The molecule has 0 atom stereocenters. The Kier molecular flexibility index (Phi) is 5.15. The molecule has 1 saturated heterocycles. The summed E-state index contributed by atoms with van der Waals surface area (Å²) in [5.74, 6) is -1.10. The summed E-state index contributed by atoms with van der Waals surface area (Å²) in [6, 6.07) is 13.4. The summed E-state index contributed by atoms with van der Waals surface area (Å²) in [4.78, 5) is 49.1. The highest BCUT2D eigenvalue weighted by Gasteiger charge is 2.37. The molecule has 1 aliphatic heterocycles. The molecule has 1 N–H and O–H groups in total. The number of barbiturate groups is 1. The van der Waals surface area contributed by atoms with Crippen LogP contribution in [0, 0.1) is 24.0 Å².